The Morgan fingerprint density at radius 1 is 1.16 bits per heavy atom. The van der Waals surface area contributed by atoms with E-state index in [9.17, 15) is 4.79 Å². The highest BCUT2D eigenvalue weighted by molar-refractivity contribution is 7.99. The van der Waals surface area contributed by atoms with Crippen LogP contribution in [0.3, 0.4) is 0 Å². The highest BCUT2D eigenvalue weighted by Crippen LogP contribution is 2.24. The molecule has 0 fully saturated rings. The number of amides is 1. The van der Waals surface area contributed by atoms with Crippen LogP contribution in [-0.4, -0.2) is 26.4 Å². The van der Waals surface area contributed by atoms with Gasteiger partial charge in [0.25, 0.3) is 0 Å². The van der Waals surface area contributed by atoms with Gasteiger partial charge in [-0.1, -0.05) is 41.0 Å². The number of rotatable bonds is 9. The predicted molar refractivity (Wildman–Crippen MR) is 126 cm³/mol. The van der Waals surface area contributed by atoms with Crippen molar-refractivity contribution >= 4 is 46.6 Å². The van der Waals surface area contributed by atoms with Crippen molar-refractivity contribution in [1.29, 1.82) is 0 Å². The molecule has 0 spiro atoms. The number of nitrogens with zero attached hydrogens (tertiary/aromatic N) is 3. The summed E-state index contributed by atoms with van der Waals surface area (Å²) in [7, 11) is 0. The molecule has 0 bridgehead atoms. The van der Waals surface area contributed by atoms with Gasteiger partial charge in [0.2, 0.25) is 5.91 Å². The second kappa shape index (κ2) is 10.7. The Balaban J connectivity index is 1.64. The van der Waals surface area contributed by atoms with Crippen LogP contribution in [0.15, 0.2) is 54.2 Å². The highest BCUT2D eigenvalue weighted by atomic mass is 35.5. The van der Waals surface area contributed by atoms with Gasteiger partial charge in [0.05, 0.1) is 5.75 Å². The molecule has 0 aliphatic heterocycles. The van der Waals surface area contributed by atoms with Crippen LogP contribution in [0.25, 0.3) is 0 Å². The van der Waals surface area contributed by atoms with Gasteiger partial charge in [-0.3, -0.25) is 9.36 Å². The molecule has 9 heteroatoms. The topological polar surface area (TPSA) is 69.0 Å². The van der Waals surface area contributed by atoms with E-state index in [0.29, 0.717) is 27.6 Å². The number of anilines is 1. The van der Waals surface area contributed by atoms with Crippen LogP contribution >= 0.6 is 35.0 Å². The van der Waals surface area contributed by atoms with Gasteiger partial charge >= 0.3 is 0 Å². The molecule has 2 aromatic carbocycles. The number of carbonyl (C=O) groups excluding carboxylic acids is 1. The van der Waals surface area contributed by atoms with Crippen molar-refractivity contribution in [3.05, 3.63) is 76.0 Å². The lowest BCUT2D eigenvalue weighted by Gasteiger charge is -2.11. The smallest absolute Gasteiger partial charge is 0.234 e. The first kappa shape index (κ1) is 23.2. The first-order valence-electron chi connectivity index (χ1n) is 9.48. The van der Waals surface area contributed by atoms with E-state index in [4.69, 9.17) is 27.9 Å². The maximum atomic E-state index is 12.4. The molecule has 0 radical (unpaired) electrons. The zero-order chi connectivity index (χ0) is 22.4. The summed E-state index contributed by atoms with van der Waals surface area (Å²) >= 11 is 13.3. The maximum absolute atomic E-state index is 12.4. The van der Waals surface area contributed by atoms with Gasteiger partial charge in [0, 0.05) is 22.3 Å². The Morgan fingerprint density at radius 3 is 2.55 bits per heavy atom. The molecule has 0 atom stereocenters. The fourth-order valence-electron chi connectivity index (χ4n) is 2.85. The molecule has 0 aliphatic carbocycles. The molecule has 31 heavy (non-hydrogen) atoms. The minimum atomic E-state index is -0.141. The summed E-state index contributed by atoms with van der Waals surface area (Å²) in [5.41, 5.74) is 2.57. The van der Waals surface area contributed by atoms with Crippen LogP contribution in [0.4, 0.5) is 5.69 Å². The van der Waals surface area contributed by atoms with Crippen molar-refractivity contribution in [3.8, 4) is 5.75 Å². The third-order valence-corrected chi connectivity index (χ3v) is 5.83. The number of aromatic nitrogens is 3. The van der Waals surface area contributed by atoms with E-state index in [1.807, 2.05) is 30.5 Å². The quantitative estimate of drug-likeness (QED) is 0.316. The van der Waals surface area contributed by atoms with Gasteiger partial charge < -0.3 is 10.1 Å². The number of benzene rings is 2. The normalized spacial score (nSPS) is 10.7. The predicted octanol–water partition coefficient (Wildman–Crippen LogP) is 5.70. The average Bonchev–Trinajstić information content (AvgIpc) is 3.10. The lowest BCUT2D eigenvalue weighted by molar-refractivity contribution is -0.113. The lowest BCUT2D eigenvalue weighted by Crippen LogP contribution is -2.15. The van der Waals surface area contributed by atoms with Crippen LogP contribution < -0.4 is 10.1 Å². The molecule has 162 valence electrons. The largest absolute Gasteiger partial charge is 0.485 e. The number of ether oxygens (including phenoxy) is 1. The number of carbonyl (C=O) groups is 1. The third-order valence-electron chi connectivity index (χ3n) is 4.39. The van der Waals surface area contributed by atoms with Gasteiger partial charge in [-0.25, -0.2) is 0 Å². The number of hydrogen-bond donors (Lipinski definition) is 1. The van der Waals surface area contributed by atoms with Crippen molar-refractivity contribution in [3.63, 3.8) is 0 Å². The SMILES string of the molecule is C=CCn1c(COc2ccc(Cl)cc2C)nnc1SCC(=O)Nc1ccc(Cl)cc1C. The summed E-state index contributed by atoms with van der Waals surface area (Å²) in [6.45, 7) is 8.36. The zero-order valence-electron chi connectivity index (χ0n) is 17.2. The Morgan fingerprint density at radius 2 is 1.87 bits per heavy atom. The van der Waals surface area contributed by atoms with E-state index in [1.54, 1.807) is 30.3 Å². The minimum Gasteiger partial charge on any atom is -0.485 e. The molecule has 1 N–H and O–H groups in total. The van der Waals surface area contributed by atoms with Crippen molar-refractivity contribution < 1.29 is 9.53 Å². The molecule has 0 saturated heterocycles. The van der Waals surface area contributed by atoms with Crippen molar-refractivity contribution in [1.82, 2.24) is 14.8 Å². The van der Waals surface area contributed by atoms with E-state index in [0.717, 1.165) is 22.6 Å². The van der Waals surface area contributed by atoms with E-state index >= 15 is 0 Å². The molecule has 3 rings (SSSR count). The fraction of sp³-hybridized carbons (Fsp3) is 0.227. The van der Waals surface area contributed by atoms with Crippen molar-refractivity contribution in [2.24, 2.45) is 0 Å². The molecule has 6 nitrogen and oxygen atoms in total. The summed E-state index contributed by atoms with van der Waals surface area (Å²) in [5, 5.41) is 13.3. The average molecular weight is 477 g/mol. The molecule has 0 unspecified atom stereocenters. The Hall–Kier alpha value is -2.48. The standard InChI is InChI=1S/C22H22Cl2N4O2S/c1-4-9-28-20(12-30-19-8-6-17(24)11-15(19)3)26-27-22(28)31-13-21(29)25-18-7-5-16(23)10-14(18)2/h4-8,10-11H,1,9,12-13H2,2-3H3,(H,25,29). The van der Waals surface area contributed by atoms with Crippen molar-refractivity contribution in [2.75, 3.05) is 11.1 Å². The minimum absolute atomic E-state index is 0.141. The molecular formula is C22H22Cl2N4O2S. The number of nitrogens with one attached hydrogen (secondary N) is 1. The van der Waals surface area contributed by atoms with Crippen LogP contribution in [0.1, 0.15) is 17.0 Å². The lowest BCUT2D eigenvalue weighted by atomic mass is 10.2. The Kier molecular flexibility index (Phi) is 8.01. The third kappa shape index (κ3) is 6.26. The van der Waals surface area contributed by atoms with E-state index in [2.05, 4.69) is 22.1 Å². The summed E-state index contributed by atoms with van der Waals surface area (Å²) < 4.78 is 7.77. The van der Waals surface area contributed by atoms with Crippen LogP contribution in [0.5, 0.6) is 5.75 Å². The Labute approximate surface area is 195 Å². The molecule has 1 amide bonds. The van der Waals surface area contributed by atoms with Crippen molar-refractivity contribution in [2.45, 2.75) is 32.2 Å². The number of hydrogen-bond acceptors (Lipinski definition) is 5. The van der Waals surface area contributed by atoms with E-state index in [-0.39, 0.29) is 18.3 Å². The molecule has 1 heterocycles. The summed E-state index contributed by atoms with van der Waals surface area (Å²) in [6.07, 6.45) is 1.75. The van der Waals surface area contributed by atoms with Gasteiger partial charge in [0.15, 0.2) is 11.0 Å². The van der Waals surface area contributed by atoms with E-state index < -0.39 is 0 Å². The zero-order valence-corrected chi connectivity index (χ0v) is 19.5. The summed E-state index contributed by atoms with van der Waals surface area (Å²) in [5.74, 6) is 1.42. The summed E-state index contributed by atoms with van der Waals surface area (Å²) in [4.78, 5) is 12.4. The number of aryl methyl sites for hydroxylation is 2. The first-order chi connectivity index (χ1) is 14.9. The first-order valence-corrected chi connectivity index (χ1v) is 11.2. The monoisotopic (exact) mass is 476 g/mol. The van der Waals surface area contributed by atoms with E-state index in [1.165, 1.54) is 11.8 Å². The van der Waals surface area contributed by atoms with Crippen LogP contribution in [0, 0.1) is 13.8 Å². The molecule has 1 aromatic heterocycles. The second-order valence-electron chi connectivity index (χ2n) is 6.79. The van der Waals surface area contributed by atoms with Crippen LogP contribution in [0.2, 0.25) is 10.0 Å². The number of thioether (sulfide) groups is 1. The van der Waals surface area contributed by atoms with Gasteiger partial charge in [-0.05, 0) is 61.4 Å². The molecular weight excluding hydrogens is 455 g/mol. The fourth-order valence-corrected chi connectivity index (χ4v) is 4.07. The van der Waals surface area contributed by atoms with Gasteiger partial charge in [-0.2, -0.15) is 0 Å². The number of allylic oxidation sites excluding steroid dienone is 1. The molecule has 0 aliphatic rings. The highest BCUT2D eigenvalue weighted by Gasteiger charge is 2.15. The molecule has 0 saturated carbocycles. The van der Waals surface area contributed by atoms with Gasteiger partial charge in [-0.15, -0.1) is 16.8 Å². The second-order valence-corrected chi connectivity index (χ2v) is 8.61. The van der Waals surface area contributed by atoms with Gasteiger partial charge in [0.1, 0.15) is 12.4 Å². The Bertz CT molecular complexity index is 1100. The number of halogens is 2. The maximum Gasteiger partial charge on any atom is 0.234 e. The van der Waals surface area contributed by atoms with Crippen LogP contribution in [-0.2, 0) is 17.9 Å². The summed E-state index contributed by atoms with van der Waals surface area (Å²) in [6, 6.07) is 10.8. The molecule has 3 aromatic rings.